The minimum atomic E-state index is -0.906. The molecule has 0 aromatic carbocycles. The maximum Gasteiger partial charge on any atom is 0.304 e. The van der Waals surface area contributed by atoms with Crippen LogP contribution >= 0.6 is 0 Å². The van der Waals surface area contributed by atoms with Crippen molar-refractivity contribution in [3.8, 4) is 0 Å². The minimum Gasteiger partial charge on any atom is -0.481 e. The molecule has 0 amide bonds. The van der Waals surface area contributed by atoms with Crippen LogP contribution in [0.1, 0.15) is 25.7 Å². The van der Waals surface area contributed by atoms with E-state index >= 15 is 0 Å². The Balaban J connectivity index is 1.94. The van der Waals surface area contributed by atoms with Crippen LogP contribution in [0.3, 0.4) is 0 Å². The van der Waals surface area contributed by atoms with E-state index in [9.17, 15) is 14.9 Å². The molecule has 2 bridgehead atoms. The SMILES string of the molecule is C=C1[C@H]2CC[C@H]3[C@@H]1[C@@H](C2)C3(CC(=O)O)C[N+](=O)[O-]. The summed E-state index contributed by atoms with van der Waals surface area (Å²) in [7, 11) is 0. The van der Waals surface area contributed by atoms with Gasteiger partial charge in [0, 0.05) is 4.92 Å². The van der Waals surface area contributed by atoms with Gasteiger partial charge in [-0.05, 0) is 42.9 Å². The molecule has 3 aliphatic rings. The average Bonchev–Trinajstić information content (AvgIpc) is 2.42. The molecule has 5 nitrogen and oxygen atoms in total. The largest absolute Gasteiger partial charge is 0.481 e. The molecule has 0 saturated heterocycles. The molecule has 3 aliphatic carbocycles. The summed E-state index contributed by atoms with van der Waals surface area (Å²) in [5.41, 5.74) is 0.634. The van der Waals surface area contributed by atoms with Gasteiger partial charge in [-0.3, -0.25) is 14.9 Å². The van der Waals surface area contributed by atoms with Crippen LogP contribution in [0.5, 0.6) is 0 Å². The number of allylic oxidation sites excluding steroid dienone is 1. The van der Waals surface area contributed by atoms with Gasteiger partial charge in [0.15, 0.2) is 0 Å². The molecule has 18 heavy (non-hydrogen) atoms. The lowest BCUT2D eigenvalue weighted by Crippen LogP contribution is -2.59. The van der Waals surface area contributed by atoms with Gasteiger partial charge >= 0.3 is 5.97 Å². The van der Waals surface area contributed by atoms with E-state index in [-0.39, 0.29) is 29.7 Å². The zero-order chi connectivity index (χ0) is 13.1. The van der Waals surface area contributed by atoms with Gasteiger partial charge in [-0.1, -0.05) is 12.2 Å². The zero-order valence-electron chi connectivity index (χ0n) is 10.2. The van der Waals surface area contributed by atoms with Crippen molar-refractivity contribution < 1.29 is 14.8 Å². The van der Waals surface area contributed by atoms with Crippen molar-refractivity contribution >= 4 is 5.97 Å². The van der Waals surface area contributed by atoms with Crippen LogP contribution in [0.25, 0.3) is 0 Å². The summed E-state index contributed by atoms with van der Waals surface area (Å²) in [5, 5.41) is 20.0. The van der Waals surface area contributed by atoms with Gasteiger partial charge in [0.2, 0.25) is 6.54 Å². The van der Waals surface area contributed by atoms with Crippen LogP contribution in [-0.2, 0) is 4.79 Å². The van der Waals surface area contributed by atoms with Gasteiger partial charge in [-0.15, -0.1) is 0 Å². The lowest BCUT2D eigenvalue weighted by molar-refractivity contribution is -0.511. The Morgan fingerprint density at radius 3 is 2.83 bits per heavy atom. The standard InChI is InChI=1S/C13H17NO4/c1-7-8-2-3-9-12(7)10(4-8)13(9,5-11(15)16)6-14(17)18/h8-10,12H,1-6H2,(H,15,16)/t8-,9-,10+,12+,13?/m0/s1. The number of nitro groups is 1. The van der Waals surface area contributed by atoms with Crippen LogP contribution < -0.4 is 0 Å². The number of aliphatic carboxylic acids is 1. The fraction of sp³-hybridized carbons (Fsp3) is 0.769. The summed E-state index contributed by atoms with van der Waals surface area (Å²) in [6, 6.07) is 0. The average molecular weight is 251 g/mol. The first-order chi connectivity index (χ1) is 8.45. The third kappa shape index (κ3) is 1.30. The second kappa shape index (κ2) is 3.56. The highest BCUT2D eigenvalue weighted by atomic mass is 16.6. The van der Waals surface area contributed by atoms with Crippen molar-refractivity contribution in [2.45, 2.75) is 25.7 Å². The van der Waals surface area contributed by atoms with Gasteiger partial charge in [0.25, 0.3) is 0 Å². The number of hydrogen-bond donors (Lipinski definition) is 1. The summed E-state index contributed by atoms with van der Waals surface area (Å²) in [6.07, 6.45) is 2.84. The van der Waals surface area contributed by atoms with Crippen molar-refractivity contribution in [1.29, 1.82) is 0 Å². The number of carboxylic acid groups (broad SMARTS) is 1. The molecule has 1 unspecified atom stereocenters. The molecule has 0 aliphatic heterocycles. The van der Waals surface area contributed by atoms with Gasteiger partial charge < -0.3 is 5.11 Å². The van der Waals surface area contributed by atoms with Crippen LogP contribution in [0, 0.1) is 39.2 Å². The van der Waals surface area contributed by atoms with Gasteiger partial charge in [-0.25, -0.2) is 0 Å². The fourth-order valence-electron chi connectivity index (χ4n) is 5.01. The molecule has 3 saturated carbocycles. The first kappa shape index (κ1) is 11.7. The maximum atomic E-state index is 11.1. The number of hydrogen-bond acceptors (Lipinski definition) is 3. The van der Waals surface area contributed by atoms with Crippen molar-refractivity contribution in [1.82, 2.24) is 0 Å². The molecule has 0 spiro atoms. The highest BCUT2D eigenvalue weighted by Gasteiger charge is 2.70. The Kier molecular flexibility index (Phi) is 2.31. The van der Waals surface area contributed by atoms with E-state index in [1.54, 1.807) is 0 Å². The lowest BCUT2D eigenvalue weighted by Gasteiger charge is -2.57. The van der Waals surface area contributed by atoms with E-state index < -0.39 is 11.4 Å². The molecule has 0 aromatic rings. The summed E-state index contributed by atoms with van der Waals surface area (Å²) < 4.78 is 0. The quantitative estimate of drug-likeness (QED) is 0.470. The van der Waals surface area contributed by atoms with Gasteiger partial charge in [-0.2, -0.15) is 0 Å². The molecule has 98 valence electrons. The number of carboxylic acids is 1. The first-order valence-electron chi connectivity index (χ1n) is 6.48. The lowest BCUT2D eigenvalue weighted by atomic mass is 9.44. The number of carbonyl (C=O) groups is 1. The second-order valence-electron chi connectivity index (χ2n) is 6.12. The minimum absolute atomic E-state index is 0.0557. The molecular formula is C13H17NO4. The van der Waals surface area contributed by atoms with E-state index in [1.807, 2.05) is 0 Å². The monoisotopic (exact) mass is 251 g/mol. The molecular weight excluding hydrogens is 234 g/mol. The van der Waals surface area contributed by atoms with Gasteiger partial charge in [0.05, 0.1) is 11.8 Å². The summed E-state index contributed by atoms with van der Waals surface area (Å²) >= 11 is 0. The Morgan fingerprint density at radius 2 is 2.22 bits per heavy atom. The van der Waals surface area contributed by atoms with Gasteiger partial charge in [0.1, 0.15) is 0 Å². The van der Waals surface area contributed by atoms with E-state index in [1.165, 1.54) is 5.57 Å². The highest BCUT2D eigenvalue weighted by Crippen LogP contribution is 2.72. The summed E-state index contributed by atoms with van der Waals surface area (Å²) in [4.78, 5) is 21.7. The Morgan fingerprint density at radius 1 is 1.50 bits per heavy atom. The van der Waals surface area contributed by atoms with Crippen LogP contribution in [0.15, 0.2) is 12.2 Å². The third-order valence-corrected chi connectivity index (χ3v) is 5.56. The predicted molar refractivity (Wildman–Crippen MR) is 63.5 cm³/mol. The number of fused-ring (bicyclic) bond motifs is 1. The molecule has 5 heteroatoms. The van der Waals surface area contributed by atoms with E-state index in [0.29, 0.717) is 11.8 Å². The summed E-state index contributed by atoms with van der Waals surface area (Å²) in [6.45, 7) is 3.94. The first-order valence-corrected chi connectivity index (χ1v) is 6.48. The van der Waals surface area contributed by atoms with Crippen molar-refractivity contribution in [2.24, 2.45) is 29.1 Å². The third-order valence-electron chi connectivity index (χ3n) is 5.56. The predicted octanol–water partition coefficient (Wildman–Crippen LogP) is 1.96. The van der Waals surface area contributed by atoms with Crippen LogP contribution in [0.2, 0.25) is 0 Å². The molecule has 0 radical (unpaired) electrons. The smallest absolute Gasteiger partial charge is 0.304 e. The number of rotatable bonds is 4. The Hall–Kier alpha value is -1.39. The Bertz CT molecular complexity index is 420. The van der Waals surface area contributed by atoms with Crippen molar-refractivity contribution in [3.05, 3.63) is 22.3 Å². The maximum absolute atomic E-state index is 11.1. The molecule has 0 aromatic heterocycles. The highest BCUT2D eigenvalue weighted by molar-refractivity contribution is 5.68. The molecule has 5 atom stereocenters. The summed E-state index contributed by atoms with van der Waals surface area (Å²) in [5.74, 6) is 0.303. The van der Waals surface area contributed by atoms with E-state index in [2.05, 4.69) is 6.58 Å². The van der Waals surface area contributed by atoms with Crippen LogP contribution in [0.4, 0.5) is 0 Å². The molecule has 0 heterocycles. The molecule has 3 rings (SSSR count). The fourth-order valence-corrected chi connectivity index (χ4v) is 5.01. The number of nitrogens with zero attached hydrogens (tertiary/aromatic N) is 1. The van der Waals surface area contributed by atoms with Crippen molar-refractivity contribution in [2.75, 3.05) is 6.54 Å². The van der Waals surface area contributed by atoms with Crippen LogP contribution in [-0.4, -0.2) is 22.5 Å². The topological polar surface area (TPSA) is 80.4 Å². The Labute approximate surface area is 105 Å². The second-order valence-corrected chi connectivity index (χ2v) is 6.12. The van der Waals surface area contributed by atoms with E-state index in [4.69, 9.17) is 5.11 Å². The normalized spacial score (nSPS) is 44.6. The van der Waals surface area contributed by atoms with E-state index in [0.717, 1.165) is 19.3 Å². The molecule has 3 fully saturated rings. The zero-order valence-corrected chi connectivity index (χ0v) is 10.2. The molecule has 1 N–H and O–H groups in total. The van der Waals surface area contributed by atoms with Crippen molar-refractivity contribution in [3.63, 3.8) is 0 Å².